The summed E-state index contributed by atoms with van der Waals surface area (Å²) in [6, 6.07) is 8.88. The molecule has 1 aromatic carbocycles. The first-order chi connectivity index (χ1) is 12.7. The molecule has 3 aliphatic heterocycles. The summed E-state index contributed by atoms with van der Waals surface area (Å²) in [6.07, 6.45) is 3.77. The van der Waals surface area contributed by atoms with Crippen LogP contribution in [0.2, 0.25) is 0 Å². The number of benzene rings is 1. The second-order valence-electron chi connectivity index (χ2n) is 7.74. The Bertz CT molecular complexity index is 906. The van der Waals surface area contributed by atoms with Crippen LogP contribution in [-0.4, -0.2) is 42.2 Å². The zero-order chi connectivity index (χ0) is 17.8. The van der Waals surface area contributed by atoms with E-state index >= 15 is 0 Å². The highest BCUT2D eigenvalue weighted by Gasteiger charge is 2.46. The van der Waals surface area contributed by atoms with Crippen molar-refractivity contribution in [2.45, 2.75) is 31.9 Å². The van der Waals surface area contributed by atoms with Crippen LogP contribution in [0.15, 0.2) is 36.1 Å². The van der Waals surface area contributed by atoms with Crippen LogP contribution in [0.1, 0.15) is 30.6 Å². The number of esters is 1. The molecule has 0 unspecified atom stereocenters. The van der Waals surface area contributed by atoms with E-state index in [1.54, 1.807) is 6.26 Å². The first-order valence-corrected chi connectivity index (χ1v) is 9.44. The number of hydrogen-bond acceptors (Lipinski definition) is 4. The number of hydrogen-bond donors (Lipinski definition) is 1. The molecule has 0 spiro atoms. The van der Waals surface area contributed by atoms with Crippen LogP contribution in [0.4, 0.5) is 0 Å². The summed E-state index contributed by atoms with van der Waals surface area (Å²) in [5.41, 5.74) is 4.69. The van der Waals surface area contributed by atoms with Crippen molar-refractivity contribution < 1.29 is 14.3 Å². The lowest BCUT2D eigenvalue weighted by Crippen LogP contribution is -2.51. The summed E-state index contributed by atoms with van der Waals surface area (Å²) in [5.74, 6) is 0.258. The van der Waals surface area contributed by atoms with Crippen molar-refractivity contribution in [1.82, 2.24) is 9.88 Å². The Balaban J connectivity index is 0.00000180. The number of nitrogens with one attached hydrogen (secondary N) is 1. The van der Waals surface area contributed by atoms with Crippen LogP contribution in [0.3, 0.4) is 0 Å². The predicted octanol–water partition coefficient (Wildman–Crippen LogP) is 3.60. The Hall–Kier alpha value is -1.98. The van der Waals surface area contributed by atoms with E-state index in [0.29, 0.717) is 17.5 Å². The minimum Gasteiger partial charge on any atom is -0.497 e. The van der Waals surface area contributed by atoms with Crippen molar-refractivity contribution >= 4 is 29.3 Å². The number of carbonyl (C=O) groups is 1. The van der Waals surface area contributed by atoms with Crippen molar-refractivity contribution in [1.29, 1.82) is 0 Å². The molecule has 4 atom stereocenters. The van der Waals surface area contributed by atoms with Crippen molar-refractivity contribution in [2.75, 3.05) is 20.2 Å². The van der Waals surface area contributed by atoms with Gasteiger partial charge in [0.25, 0.3) is 0 Å². The van der Waals surface area contributed by atoms with E-state index in [-0.39, 0.29) is 30.4 Å². The van der Waals surface area contributed by atoms with Gasteiger partial charge in [0.15, 0.2) is 0 Å². The molecule has 5 nitrogen and oxygen atoms in total. The SMILES string of the molecule is COC(=O)C1=CO[C@@H](C)[C@@H]2CN3CCc4c([nH]c5ccccc45)[C@@H]3C[C@H]12.Cl. The maximum Gasteiger partial charge on any atom is 0.337 e. The minimum atomic E-state index is -0.256. The van der Waals surface area contributed by atoms with Crippen LogP contribution < -0.4 is 0 Å². The number of H-pyrrole nitrogens is 1. The molecule has 144 valence electrons. The molecule has 3 aliphatic rings. The summed E-state index contributed by atoms with van der Waals surface area (Å²) in [4.78, 5) is 18.5. The molecule has 1 fully saturated rings. The van der Waals surface area contributed by atoms with Gasteiger partial charge in [-0.1, -0.05) is 18.2 Å². The molecule has 5 rings (SSSR count). The molecule has 1 saturated heterocycles. The van der Waals surface area contributed by atoms with E-state index in [1.165, 1.54) is 29.3 Å². The van der Waals surface area contributed by atoms with Gasteiger partial charge < -0.3 is 14.5 Å². The van der Waals surface area contributed by atoms with Gasteiger partial charge >= 0.3 is 5.97 Å². The van der Waals surface area contributed by atoms with Gasteiger partial charge in [-0.05, 0) is 31.4 Å². The number of piperidine rings is 1. The smallest absolute Gasteiger partial charge is 0.337 e. The molecular formula is C21H25ClN2O3. The zero-order valence-electron chi connectivity index (χ0n) is 15.6. The van der Waals surface area contributed by atoms with E-state index < -0.39 is 0 Å². The molecule has 0 saturated carbocycles. The average Bonchev–Trinajstić information content (AvgIpc) is 3.06. The van der Waals surface area contributed by atoms with Crippen molar-refractivity contribution in [3.05, 3.63) is 47.4 Å². The Morgan fingerprint density at radius 2 is 2.15 bits per heavy atom. The Labute approximate surface area is 165 Å². The summed E-state index contributed by atoms with van der Waals surface area (Å²) in [6.45, 7) is 4.13. The van der Waals surface area contributed by atoms with Crippen LogP contribution in [-0.2, 0) is 20.7 Å². The minimum absolute atomic E-state index is 0. The van der Waals surface area contributed by atoms with Crippen LogP contribution in [0.25, 0.3) is 10.9 Å². The largest absolute Gasteiger partial charge is 0.497 e. The lowest BCUT2D eigenvalue weighted by molar-refractivity contribution is -0.139. The molecule has 1 N–H and O–H groups in total. The van der Waals surface area contributed by atoms with Crippen molar-refractivity contribution in [3.63, 3.8) is 0 Å². The summed E-state index contributed by atoms with van der Waals surface area (Å²) in [7, 11) is 1.45. The quantitative estimate of drug-likeness (QED) is 0.758. The standard InChI is InChI=1S/C21H24N2O3.ClH/c1-12-16-10-23-8-7-14-13-5-3-4-6-18(13)22-20(14)19(23)9-15(16)17(11-26-12)21(24)25-2;/h3-6,11-12,15-16,19,22H,7-10H2,1-2H3;1H/t12-,15-,16-,19-;/m0./s1. The van der Waals surface area contributed by atoms with Gasteiger partial charge in [-0.2, -0.15) is 0 Å². The van der Waals surface area contributed by atoms with Crippen molar-refractivity contribution in [3.8, 4) is 0 Å². The second kappa shape index (κ2) is 6.88. The Kier molecular flexibility index (Phi) is 4.68. The lowest BCUT2D eigenvalue weighted by Gasteiger charge is -2.49. The highest BCUT2D eigenvalue weighted by Crippen LogP contribution is 2.47. The van der Waals surface area contributed by atoms with Gasteiger partial charge in [0.1, 0.15) is 0 Å². The van der Waals surface area contributed by atoms with Crippen LogP contribution in [0, 0.1) is 11.8 Å². The van der Waals surface area contributed by atoms with Gasteiger partial charge in [0.05, 0.1) is 31.1 Å². The lowest BCUT2D eigenvalue weighted by atomic mass is 9.72. The number of methoxy groups -OCH3 is 1. The number of aromatic nitrogens is 1. The molecule has 27 heavy (non-hydrogen) atoms. The highest BCUT2D eigenvalue weighted by atomic mass is 35.5. The van der Waals surface area contributed by atoms with Crippen molar-refractivity contribution in [2.24, 2.45) is 11.8 Å². The van der Waals surface area contributed by atoms with Gasteiger partial charge in [0.2, 0.25) is 0 Å². The number of rotatable bonds is 1. The molecule has 4 heterocycles. The van der Waals surface area contributed by atoms with Gasteiger partial charge in [-0.3, -0.25) is 4.90 Å². The monoisotopic (exact) mass is 388 g/mol. The number of aromatic amines is 1. The number of halogens is 1. The average molecular weight is 389 g/mol. The fourth-order valence-corrected chi connectivity index (χ4v) is 5.19. The fourth-order valence-electron chi connectivity index (χ4n) is 5.19. The van der Waals surface area contributed by atoms with E-state index in [4.69, 9.17) is 9.47 Å². The topological polar surface area (TPSA) is 54.6 Å². The van der Waals surface area contributed by atoms with Crippen LogP contribution in [0.5, 0.6) is 0 Å². The predicted molar refractivity (Wildman–Crippen MR) is 106 cm³/mol. The third kappa shape index (κ3) is 2.75. The van der Waals surface area contributed by atoms with E-state index in [0.717, 1.165) is 25.9 Å². The number of fused-ring (bicyclic) bond motifs is 6. The molecule has 2 aromatic rings. The van der Waals surface area contributed by atoms with Crippen LogP contribution >= 0.6 is 12.4 Å². The van der Waals surface area contributed by atoms with E-state index in [2.05, 4.69) is 41.1 Å². The maximum absolute atomic E-state index is 12.3. The summed E-state index contributed by atoms with van der Waals surface area (Å²) in [5, 5.41) is 1.34. The highest BCUT2D eigenvalue weighted by molar-refractivity contribution is 5.89. The normalized spacial score (nSPS) is 29.5. The third-order valence-corrected chi connectivity index (χ3v) is 6.54. The number of carbonyl (C=O) groups excluding carboxylic acids is 1. The van der Waals surface area contributed by atoms with Gasteiger partial charge in [0, 0.05) is 41.5 Å². The van der Waals surface area contributed by atoms with Gasteiger partial charge in [-0.25, -0.2) is 4.79 Å². The Morgan fingerprint density at radius 1 is 1.33 bits per heavy atom. The number of para-hydroxylation sites is 1. The third-order valence-electron chi connectivity index (χ3n) is 6.54. The summed E-state index contributed by atoms with van der Waals surface area (Å²) >= 11 is 0. The molecule has 0 amide bonds. The fraction of sp³-hybridized carbons (Fsp3) is 0.476. The molecular weight excluding hydrogens is 364 g/mol. The van der Waals surface area contributed by atoms with E-state index in [1.807, 2.05) is 0 Å². The maximum atomic E-state index is 12.3. The molecule has 0 aliphatic carbocycles. The Morgan fingerprint density at radius 3 is 2.96 bits per heavy atom. The first kappa shape index (κ1) is 18.4. The second-order valence-corrected chi connectivity index (χ2v) is 7.74. The number of nitrogens with zero attached hydrogens (tertiary/aromatic N) is 1. The molecule has 6 heteroatoms. The first-order valence-electron chi connectivity index (χ1n) is 9.44. The van der Waals surface area contributed by atoms with Gasteiger partial charge in [-0.15, -0.1) is 12.4 Å². The van der Waals surface area contributed by atoms with E-state index in [9.17, 15) is 4.79 Å². The zero-order valence-corrected chi connectivity index (χ0v) is 16.4. The molecule has 1 aromatic heterocycles. The molecule has 0 radical (unpaired) electrons. The number of ether oxygens (including phenoxy) is 2. The molecule has 0 bridgehead atoms. The summed E-state index contributed by atoms with van der Waals surface area (Å²) < 4.78 is 10.8.